The molecule has 0 unspecified atom stereocenters. The van der Waals surface area contributed by atoms with Gasteiger partial charge in [0.25, 0.3) is 11.8 Å². The van der Waals surface area contributed by atoms with E-state index in [0.29, 0.717) is 22.9 Å². The van der Waals surface area contributed by atoms with E-state index in [0.717, 1.165) is 37.1 Å². The summed E-state index contributed by atoms with van der Waals surface area (Å²) in [5.41, 5.74) is 2.89. The Morgan fingerprint density at radius 2 is 1.79 bits per heavy atom. The maximum absolute atomic E-state index is 13.1. The molecule has 2 aromatic carbocycles. The van der Waals surface area contributed by atoms with Crippen LogP contribution in [0.15, 0.2) is 48.5 Å². The van der Waals surface area contributed by atoms with Crippen LogP contribution in [0.5, 0.6) is 0 Å². The lowest BCUT2D eigenvalue weighted by Gasteiger charge is -2.36. The van der Waals surface area contributed by atoms with Crippen molar-refractivity contribution < 1.29 is 9.59 Å². The summed E-state index contributed by atoms with van der Waals surface area (Å²) in [7, 11) is 0. The summed E-state index contributed by atoms with van der Waals surface area (Å²) in [6.07, 6.45) is 5.85. The van der Waals surface area contributed by atoms with Gasteiger partial charge in [0.15, 0.2) is 5.82 Å². The third-order valence-corrected chi connectivity index (χ3v) is 6.07. The molecule has 2 heterocycles. The van der Waals surface area contributed by atoms with Crippen molar-refractivity contribution in [2.45, 2.75) is 44.7 Å². The molecule has 5 rings (SSSR count). The molecule has 6 nitrogen and oxygen atoms in total. The summed E-state index contributed by atoms with van der Waals surface area (Å²) in [6, 6.07) is 15.2. The normalized spacial score (nSPS) is 17.4. The fourth-order valence-corrected chi connectivity index (χ4v) is 4.56. The molecule has 0 spiro atoms. The minimum atomic E-state index is -0.181. The van der Waals surface area contributed by atoms with Crippen LogP contribution in [0.2, 0.25) is 0 Å². The van der Waals surface area contributed by atoms with Crippen molar-refractivity contribution in [3.63, 3.8) is 0 Å². The zero-order valence-electron chi connectivity index (χ0n) is 16.3. The number of anilines is 1. The first-order valence-corrected chi connectivity index (χ1v) is 10.4. The molecule has 1 aliphatic heterocycles. The highest BCUT2D eigenvalue weighted by atomic mass is 16.2. The molecule has 3 aromatic rings. The van der Waals surface area contributed by atoms with Crippen LogP contribution < -0.4 is 5.32 Å². The minimum Gasteiger partial charge on any atom is -0.331 e. The van der Waals surface area contributed by atoms with Gasteiger partial charge >= 0.3 is 0 Å². The highest BCUT2D eigenvalue weighted by molar-refractivity contribution is 6.06. The number of rotatable bonds is 3. The van der Waals surface area contributed by atoms with E-state index in [4.69, 9.17) is 0 Å². The summed E-state index contributed by atoms with van der Waals surface area (Å²) in [5, 5.41) is 2.89. The van der Waals surface area contributed by atoms with Gasteiger partial charge in [0, 0.05) is 30.4 Å². The lowest BCUT2D eigenvalue weighted by molar-refractivity contribution is 0.0566. The molecule has 1 aromatic heterocycles. The lowest BCUT2D eigenvalue weighted by atomic mass is 9.94. The number of fused-ring (bicyclic) bond motifs is 3. The molecule has 2 amide bonds. The van der Waals surface area contributed by atoms with Crippen LogP contribution in [-0.4, -0.2) is 38.9 Å². The number of carbonyl (C=O) groups is 2. The van der Waals surface area contributed by atoms with Crippen molar-refractivity contribution in [2.24, 2.45) is 0 Å². The zero-order valence-corrected chi connectivity index (χ0v) is 16.3. The van der Waals surface area contributed by atoms with Crippen molar-refractivity contribution in [2.75, 3.05) is 11.9 Å². The summed E-state index contributed by atoms with van der Waals surface area (Å²) in [5.74, 6) is 0.339. The van der Waals surface area contributed by atoms with E-state index in [1.807, 2.05) is 45.9 Å². The summed E-state index contributed by atoms with van der Waals surface area (Å²) in [4.78, 5) is 32.4. The summed E-state index contributed by atoms with van der Waals surface area (Å²) < 4.78 is 2.00. The van der Waals surface area contributed by atoms with Crippen LogP contribution in [0, 0.1) is 0 Å². The van der Waals surface area contributed by atoms with Crippen molar-refractivity contribution in [1.29, 1.82) is 0 Å². The molecule has 1 fully saturated rings. The van der Waals surface area contributed by atoms with Crippen LogP contribution in [0.1, 0.15) is 53.1 Å². The number of para-hydroxylation sites is 1. The quantitative estimate of drug-likeness (QED) is 0.735. The molecule has 2 aliphatic rings. The summed E-state index contributed by atoms with van der Waals surface area (Å²) >= 11 is 0. The SMILES string of the molecule is O=C(Nc1ccccc1)c1ccc2c(c1)nc1n2CCN(C2CCCCC2)C1=O. The van der Waals surface area contributed by atoms with Crippen molar-refractivity contribution in [3.05, 3.63) is 59.9 Å². The van der Waals surface area contributed by atoms with Gasteiger partial charge in [-0.2, -0.15) is 0 Å². The van der Waals surface area contributed by atoms with Gasteiger partial charge in [0.05, 0.1) is 11.0 Å². The van der Waals surface area contributed by atoms with Gasteiger partial charge in [-0.15, -0.1) is 0 Å². The van der Waals surface area contributed by atoms with E-state index in [1.54, 1.807) is 12.1 Å². The molecule has 29 heavy (non-hydrogen) atoms. The maximum Gasteiger partial charge on any atom is 0.290 e. The second kappa shape index (κ2) is 7.35. The molecule has 1 aliphatic carbocycles. The van der Waals surface area contributed by atoms with Gasteiger partial charge in [-0.25, -0.2) is 4.98 Å². The fraction of sp³-hybridized carbons (Fsp3) is 0.348. The first-order valence-electron chi connectivity index (χ1n) is 10.4. The largest absolute Gasteiger partial charge is 0.331 e. The number of nitrogens with one attached hydrogen (secondary N) is 1. The van der Waals surface area contributed by atoms with Crippen LogP contribution in [-0.2, 0) is 6.54 Å². The van der Waals surface area contributed by atoms with Crippen molar-refractivity contribution in [1.82, 2.24) is 14.5 Å². The van der Waals surface area contributed by atoms with Crippen LogP contribution in [0.3, 0.4) is 0 Å². The highest BCUT2D eigenvalue weighted by Gasteiger charge is 2.33. The third kappa shape index (κ3) is 3.28. The Morgan fingerprint density at radius 1 is 1.00 bits per heavy atom. The molecule has 6 heteroatoms. The Morgan fingerprint density at radius 3 is 2.59 bits per heavy atom. The molecule has 0 radical (unpaired) electrons. The topological polar surface area (TPSA) is 67.2 Å². The maximum atomic E-state index is 13.1. The Balaban J connectivity index is 1.42. The highest BCUT2D eigenvalue weighted by Crippen LogP contribution is 2.28. The number of carbonyl (C=O) groups excluding carboxylic acids is 2. The number of nitrogens with zero attached hydrogens (tertiary/aromatic N) is 3. The van der Waals surface area contributed by atoms with Gasteiger partial charge in [-0.05, 0) is 43.2 Å². The first-order chi connectivity index (χ1) is 14.2. The van der Waals surface area contributed by atoms with Crippen molar-refractivity contribution >= 4 is 28.5 Å². The minimum absolute atomic E-state index is 0.0228. The number of imidazole rings is 1. The smallest absolute Gasteiger partial charge is 0.290 e. The van der Waals surface area contributed by atoms with E-state index >= 15 is 0 Å². The van der Waals surface area contributed by atoms with E-state index in [2.05, 4.69) is 10.3 Å². The standard InChI is InChI=1S/C23H24N4O2/c28-22(24-17-7-3-1-4-8-17)16-11-12-20-19(15-16)25-21-23(29)26(13-14-27(20)21)18-9-5-2-6-10-18/h1,3-4,7-8,11-12,15,18H,2,5-6,9-10,13-14H2,(H,24,28). The van der Waals surface area contributed by atoms with Gasteiger partial charge in [0.1, 0.15) is 0 Å². The third-order valence-electron chi connectivity index (χ3n) is 6.07. The summed E-state index contributed by atoms with van der Waals surface area (Å²) in [6.45, 7) is 1.49. The number of amides is 2. The van der Waals surface area contributed by atoms with E-state index in [-0.39, 0.29) is 11.8 Å². The predicted octanol–water partition coefficient (Wildman–Crippen LogP) is 4.08. The lowest BCUT2D eigenvalue weighted by Crippen LogP contribution is -2.47. The number of hydrogen-bond acceptors (Lipinski definition) is 3. The number of aromatic nitrogens is 2. The molecule has 0 saturated heterocycles. The second-order valence-corrected chi connectivity index (χ2v) is 7.90. The molecule has 1 saturated carbocycles. The number of hydrogen-bond donors (Lipinski definition) is 1. The fourth-order valence-electron chi connectivity index (χ4n) is 4.56. The van der Waals surface area contributed by atoms with Crippen LogP contribution >= 0.6 is 0 Å². The Kier molecular flexibility index (Phi) is 4.54. The van der Waals surface area contributed by atoms with Gasteiger partial charge in [-0.1, -0.05) is 37.5 Å². The van der Waals surface area contributed by atoms with Crippen LogP contribution in [0.4, 0.5) is 5.69 Å². The molecule has 0 bridgehead atoms. The Hall–Kier alpha value is -3.15. The molecule has 148 valence electrons. The molecule has 1 N–H and O–H groups in total. The zero-order chi connectivity index (χ0) is 19.8. The average molecular weight is 388 g/mol. The Bertz CT molecular complexity index is 1070. The molecular weight excluding hydrogens is 364 g/mol. The molecular formula is C23H24N4O2. The second-order valence-electron chi connectivity index (χ2n) is 7.90. The molecule has 0 atom stereocenters. The van der Waals surface area contributed by atoms with Crippen molar-refractivity contribution in [3.8, 4) is 0 Å². The van der Waals surface area contributed by atoms with Gasteiger partial charge in [0.2, 0.25) is 0 Å². The average Bonchev–Trinajstić information content (AvgIpc) is 3.14. The van der Waals surface area contributed by atoms with Gasteiger partial charge in [-0.3, -0.25) is 9.59 Å². The van der Waals surface area contributed by atoms with E-state index in [1.165, 1.54) is 19.3 Å². The monoisotopic (exact) mass is 388 g/mol. The van der Waals surface area contributed by atoms with Gasteiger partial charge < -0.3 is 14.8 Å². The first kappa shape index (κ1) is 17.9. The van der Waals surface area contributed by atoms with E-state index < -0.39 is 0 Å². The number of benzene rings is 2. The predicted molar refractivity (Wildman–Crippen MR) is 112 cm³/mol. The van der Waals surface area contributed by atoms with Crippen LogP contribution in [0.25, 0.3) is 11.0 Å². The Labute approximate surface area is 169 Å². The van der Waals surface area contributed by atoms with E-state index in [9.17, 15) is 9.59 Å².